The number of fused-ring (bicyclic) bond motifs is 1. The zero-order chi connectivity index (χ0) is 21.5. The van der Waals surface area contributed by atoms with Gasteiger partial charge in [0, 0.05) is 25.7 Å². The van der Waals surface area contributed by atoms with Gasteiger partial charge < -0.3 is 29.6 Å². The number of aliphatic imine (C=N–C) groups is 1. The number of hydrogen-bond donors (Lipinski definition) is 2. The van der Waals surface area contributed by atoms with E-state index in [1.54, 1.807) is 25.2 Å². The molecule has 0 saturated carbocycles. The Kier molecular flexibility index (Phi) is 9.69. The van der Waals surface area contributed by atoms with Gasteiger partial charge in [-0.05, 0) is 35.9 Å². The fourth-order valence-electron chi connectivity index (χ4n) is 2.88. The topological polar surface area (TPSA) is 73.3 Å². The van der Waals surface area contributed by atoms with Gasteiger partial charge in [-0.2, -0.15) is 8.78 Å². The summed E-state index contributed by atoms with van der Waals surface area (Å²) in [4.78, 5) is 4.15. The highest BCUT2D eigenvalue weighted by Crippen LogP contribution is 2.38. The van der Waals surface area contributed by atoms with Gasteiger partial charge in [0.1, 0.15) is 24.7 Å². The Bertz CT molecular complexity index is 918. The van der Waals surface area contributed by atoms with Crippen molar-refractivity contribution in [3.63, 3.8) is 0 Å². The van der Waals surface area contributed by atoms with Crippen molar-refractivity contribution in [3.8, 4) is 23.0 Å². The van der Waals surface area contributed by atoms with Gasteiger partial charge in [0.2, 0.25) is 0 Å². The maximum Gasteiger partial charge on any atom is 0.387 e. The van der Waals surface area contributed by atoms with Crippen LogP contribution in [0.5, 0.6) is 23.0 Å². The van der Waals surface area contributed by atoms with Crippen LogP contribution in [0.4, 0.5) is 8.78 Å². The van der Waals surface area contributed by atoms with Crippen molar-refractivity contribution in [2.75, 3.05) is 27.4 Å². The van der Waals surface area contributed by atoms with Gasteiger partial charge in [-0.3, -0.25) is 4.99 Å². The van der Waals surface area contributed by atoms with Crippen molar-refractivity contribution in [1.29, 1.82) is 0 Å². The van der Waals surface area contributed by atoms with E-state index in [1.165, 1.54) is 13.2 Å². The van der Waals surface area contributed by atoms with Crippen molar-refractivity contribution in [3.05, 3.63) is 46.5 Å². The van der Waals surface area contributed by atoms with Crippen molar-refractivity contribution < 1.29 is 27.7 Å². The fraction of sp³-hybridized carbons (Fsp3) is 0.350. The second kappa shape index (κ2) is 12.0. The molecule has 11 heteroatoms. The molecule has 0 aliphatic carbocycles. The Morgan fingerprint density at radius 2 is 1.90 bits per heavy atom. The first-order valence-corrected chi connectivity index (χ1v) is 9.52. The van der Waals surface area contributed by atoms with Gasteiger partial charge in [-0.15, -0.1) is 24.0 Å². The molecule has 1 aliphatic rings. The van der Waals surface area contributed by atoms with Gasteiger partial charge in [-0.1, -0.05) is 11.6 Å². The summed E-state index contributed by atoms with van der Waals surface area (Å²) in [6.07, 6.45) is 0. The van der Waals surface area contributed by atoms with E-state index in [0.717, 1.165) is 5.56 Å². The average Bonchev–Trinajstić information content (AvgIpc) is 2.74. The quantitative estimate of drug-likeness (QED) is 0.296. The molecule has 0 saturated heterocycles. The monoisotopic (exact) mass is 569 g/mol. The highest BCUT2D eigenvalue weighted by atomic mass is 127. The summed E-state index contributed by atoms with van der Waals surface area (Å²) in [7, 11) is 3.10. The number of ether oxygens (including phenoxy) is 4. The van der Waals surface area contributed by atoms with Gasteiger partial charge >= 0.3 is 6.61 Å². The number of benzene rings is 2. The lowest BCUT2D eigenvalue weighted by Crippen LogP contribution is -2.36. The Labute approximate surface area is 201 Å². The zero-order valence-corrected chi connectivity index (χ0v) is 20.0. The summed E-state index contributed by atoms with van der Waals surface area (Å²) in [5, 5.41) is 6.68. The molecule has 0 radical (unpaired) electrons. The van der Waals surface area contributed by atoms with E-state index in [4.69, 9.17) is 25.8 Å². The van der Waals surface area contributed by atoms with Gasteiger partial charge in [0.15, 0.2) is 17.5 Å². The molecule has 1 aliphatic heterocycles. The van der Waals surface area contributed by atoms with Crippen LogP contribution in [-0.2, 0) is 13.1 Å². The van der Waals surface area contributed by atoms with E-state index in [2.05, 4.69) is 20.4 Å². The Hall–Kier alpha value is -2.21. The van der Waals surface area contributed by atoms with Crippen LogP contribution in [0.2, 0.25) is 5.02 Å². The number of nitrogens with one attached hydrogen (secondary N) is 2. The molecule has 2 aromatic carbocycles. The molecule has 2 aromatic rings. The number of methoxy groups -OCH3 is 1. The Morgan fingerprint density at radius 3 is 2.61 bits per heavy atom. The highest BCUT2D eigenvalue weighted by molar-refractivity contribution is 14.0. The number of alkyl halides is 2. The van der Waals surface area contributed by atoms with Crippen LogP contribution in [0.15, 0.2) is 35.3 Å². The summed E-state index contributed by atoms with van der Waals surface area (Å²) < 4.78 is 46.2. The number of halogens is 4. The normalized spacial score (nSPS) is 12.8. The van der Waals surface area contributed by atoms with Crippen LogP contribution in [-0.4, -0.2) is 39.9 Å². The van der Waals surface area contributed by atoms with Crippen LogP contribution in [0.1, 0.15) is 11.1 Å². The van der Waals surface area contributed by atoms with Crippen molar-refractivity contribution in [2.45, 2.75) is 19.7 Å². The van der Waals surface area contributed by atoms with Crippen LogP contribution in [0.25, 0.3) is 0 Å². The molecular weight excluding hydrogens is 547 g/mol. The molecule has 0 bridgehead atoms. The van der Waals surface area contributed by atoms with Crippen LogP contribution < -0.4 is 29.6 Å². The SMILES string of the molecule is CN=C(NCc1cc(Cl)c2c(c1)OCCO2)NCc1cc(OC)ccc1OC(F)F.I. The van der Waals surface area contributed by atoms with E-state index in [9.17, 15) is 8.78 Å². The second-order valence-electron chi connectivity index (χ2n) is 6.23. The molecule has 7 nitrogen and oxygen atoms in total. The van der Waals surface area contributed by atoms with E-state index < -0.39 is 6.61 Å². The number of rotatable bonds is 7. The molecule has 0 fully saturated rings. The maximum absolute atomic E-state index is 12.7. The minimum atomic E-state index is -2.92. The molecule has 3 rings (SSSR count). The van der Waals surface area contributed by atoms with Crippen LogP contribution in [0.3, 0.4) is 0 Å². The van der Waals surface area contributed by atoms with Crippen molar-refractivity contribution in [1.82, 2.24) is 10.6 Å². The molecule has 0 spiro atoms. The molecule has 0 aromatic heterocycles. The van der Waals surface area contributed by atoms with E-state index in [1.807, 2.05) is 6.07 Å². The summed E-state index contributed by atoms with van der Waals surface area (Å²) in [6.45, 7) is -1.39. The number of hydrogen-bond acceptors (Lipinski definition) is 5. The third kappa shape index (κ3) is 6.89. The largest absolute Gasteiger partial charge is 0.497 e. The van der Waals surface area contributed by atoms with Crippen LogP contribution in [0, 0.1) is 0 Å². The Balaban J connectivity index is 0.00000341. The maximum atomic E-state index is 12.7. The molecule has 1 heterocycles. The molecule has 0 unspecified atom stereocenters. The summed E-state index contributed by atoms with van der Waals surface area (Å²) in [6, 6.07) is 8.25. The lowest BCUT2D eigenvalue weighted by atomic mass is 10.2. The fourth-order valence-corrected chi connectivity index (χ4v) is 3.17. The first kappa shape index (κ1) is 25.1. The third-order valence-electron chi connectivity index (χ3n) is 4.27. The van der Waals surface area contributed by atoms with Gasteiger partial charge in [0.05, 0.1) is 12.1 Å². The molecular formula is C20H23ClF2IN3O4. The second-order valence-corrected chi connectivity index (χ2v) is 6.64. The first-order chi connectivity index (χ1) is 14.5. The predicted molar refractivity (Wildman–Crippen MR) is 125 cm³/mol. The predicted octanol–water partition coefficient (Wildman–Crippen LogP) is 4.20. The molecule has 170 valence electrons. The first-order valence-electron chi connectivity index (χ1n) is 9.14. The van der Waals surface area contributed by atoms with E-state index >= 15 is 0 Å². The van der Waals surface area contributed by atoms with Gasteiger partial charge in [-0.25, -0.2) is 0 Å². The highest BCUT2D eigenvalue weighted by Gasteiger charge is 2.17. The average molecular weight is 570 g/mol. The lowest BCUT2D eigenvalue weighted by Gasteiger charge is -2.20. The smallest absolute Gasteiger partial charge is 0.387 e. The van der Waals surface area contributed by atoms with Gasteiger partial charge in [0.25, 0.3) is 0 Å². The van der Waals surface area contributed by atoms with E-state index in [-0.39, 0.29) is 36.3 Å². The molecule has 2 N–H and O–H groups in total. The molecule has 0 atom stereocenters. The van der Waals surface area contributed by atoms with E-state index in [0.29, 0.717) is 53.6 Å². The summed E-state index contributed by atoms with van der Waals surface area (Å²) in [5.74, 6) is 2.19. The number of guanidine groups is 1. The summed E-state index contributed by atoms with van der Waals surface area (Å²) in [5.41, 5.74) is 1.37. The zero-order valence-electron chi connectivity index (χ0n) is 16.9. The molecule has 31 heavy (non-hydrogen) atoms. The minimum Gasteiger partial charge on any atom is -0.497 e. The summed E-state index contributed by atoms with van der Waals surface area (Å²) >= 11 is 6.26. The minimum absolute atomic E-state index is 0. The molecule has 0 amide bonds. The Morgan fingerprint density at radius 1 is 1.16 bits per heavy atom. The third-order valence-corrected chi connectivity index (χ3v) is 4.55. The standard InChI is InChI=1S/C20H22ClF2N3O4.HI/c1-24-20(25-10-12-7-15(21)18-17(8-12)28-5-6-29-18)26-11-13-9-14(27-2)3-4-16(13)30-19(22)23;/h3-4,7-9,19H,5-6,10-11H2,1-2H3,(H2,24,25,26);1H. The lowest BCUT2D eigenvalue weighted by molar-refractivity contribution is -0.0505. The van der Waals surface area contributed by atoms with Crippen molar-refractivity contribution in [2.24, 2.45) is 4.99 Å². The van der Waals surface area contributed by atoms with Crippen LogP contribution >= 0.6 is 35.6 Å². The van der Waals surface area contributed by atoms with Crippen molar-refractivity contribution >= 4 is 41.5 Å². The number of nitrogens with zero attached hydrogens (tertiary/aromatic N) is 1.